The molecule has 0 amide bonds. The van der Waals surface area contributed by atoms with Crippen LogP contribution in [-0.2, 0) is 18.2 Å². The Morgan fingerprint density at radius 1 is 1.57 bits per heavy atom. The first kappa shape index (κ1) is 10.6. The summed E-state index contributed by atoms with van der Waals surface area (Å²) in [5.41, 5.74) is 0.681. The number of hydrogen-bond acceptors (Lipinski definition) is 3. The summed E-state index contributed by atoms with van der Waals surface area (Å²) < 4.78 is 6.01. The monoisotopic (exact) mass is 198 g/mol. The Balaban J connectivity index is 3.21. The summed E-state index contributed by atoms with van der Waals surface area (Å²) in [5.74, 6) is -0.494. The van der Waals surface area contributed by atoms with Gasteiger partial charge in [0.1, 0.15) is 5.69 Å². The standard InChI is InChI=1S/C9H14N2O3/c1-4-5-6-7(8(12)14-3)10-9(13)11(6)2/h4-5H2,1-3H3,(H,10,13). The lowest BCUT2D eigenvalue weighted by molar-refractivity contribution is 0.0593. The van der Waals surface area contributed by atoms with Crippen LogP contribution in [0.2, 0.25) is 0 Å². The van der Waals surface area contributed by atoms with Crippen molar-refractivity contribution in [1.82, 2.24) is 9.55 Å². The van der Waals surface area contributed by atoms with E-state index >= 15 is 0 Å². The normalized spacial score (nSPS) is 10.2. The number of hydrogen-bond donors (Lipinski definition) is 1. The molecule has 0 aliphatic rings. The van der Waals surface area contributed by atoms with Crippen molar-refractivity contribution in [3.05, 3.63) is 21.9 Å². The minimum absolute atomic E-state index is 0.266. The van der Waals surface area contributed by atoms with Crippen molar-refractivity contribution in [3.8, 4) is 0 Å². The van der Waals surface area contributed by atoms with Crippen molar-refractivity contribution in [2.45, 2.75) is 19.8 Å². The lowest BCUT2D eigenvalue weighted by Gasteiger charge is -2.02. The molecule has 0 radical (unpaired) electrons. The number of methoxy groups -OCH3 is 1. The van der Waals surface area contributed by atoms with E-state index in [-0.39, 0.29) is 11.4 Å². The summed E-state index contributed by atoms with van der Waals surface area (Å²) in [6, 6.07) is 0. The van der Waals surface area contributed by atoms with Crippen LogP contribution in [0.4, 0.5) is 0 Å². The first-order valence-electron chi connectivity index (χ1n) is 4.48. The fourth-order valence-corrected chi connectivity index (χ4v) is 1.35. The van der Waals surface area contributed by atoms with Crippen molar-refractivity contribution < 1.29 is 9.53 Å². The van der Waals surface area contributed by atoms with Gasteiger partial charge in [-0.3, -0.25) is 9.55 Å². The van der Waals surface area contributed by atoms with Gasteiger partial charge in [-0.25, -0.2) is 9.59 Å². The summed E-state index contributed by atoms with van der Waals surface area (Å²) in [6.45, 7) is 1.98. The average molecular weight is 198 g/mol. The molecular formula is C9H14N2O3. The Bertz CT molecular complexity index is 389. The number of aromatic nitrogens is 2. The van der Waals surface area contributed by atoms with Crippen molar-refractivity contribution in [3.63, 3.8) is 0 Å². The topological polar surface area (TPSA) is 64.1 Å². The quantitative estimate of drug-likeness (QED) is 0.717. The number of rotatable bonds is 3. The summed E-state index contributed by atoms with van der Waals surface area (Å²) >= 11 is 0. The van der Waals surface area contributed by atoms with Crippen LogP contribution in [0.5, 0.6) is 0 Å². The van der Waals surface area contributed by atoms with Crippen molar-refractivity contribution in [1.29, 1.82) is 0 Å². The molecule has 0 aliphatic carbocycles. The van der Waals surface area contributed by atoms with Gasteiger partial charge in [-0.1, -0.05) is 13.3 Å². The highest BCUT2D eigenvalue weighted by Crippen LogP contribution is 2.07. The minimum Gasteiger partial charge on any atom is -0.464 e. The van der Waals surface area contributed by atoms with Crippen molar-refractivity contribution in [2.75, 3.05) is 7.11 Å². The summed E-state index contributed by atoms with van der Waals surface area (Å²) in [5, 5.41) is 0. The second kappa shape index (κ2) is 4.13. The van der Waals surface area contributed by atoms with Gasteiger partial charge in [0, 0.05) is 7.05 Å². The van der Waals surface area contributed by atoms with Crippen LogP contribution in [-0.4, -0.2) is 22.6 Å². The third kappa shape index (κ3) is 1.71. The fraction of sp³-hybridized carbons (Fsp3) is 0.556. The van der Waals surface area contributed by atoms with Crippen LogP contribution < -0.4 is 5.69 Å². The molecule has 1 N–H and O–H groups in total. The molecule has 0 bridgehead atoms. The molecule has 0 fully saturated rings. The highest BCUT2D eigenvalue weighted by atomic mass is 16.5. The van der Waals surface area contributed by atoms with Crippen molar-refractivity contribution >= 4 is 5.97 Å². The van der Waals surface area contributed by atoms with E-state index in [4.69, 9.17) is 0 Å². The molecule has 78 valence electrons. The Morgan fingerprint density at radius 2 is 2.21 bits per heavy atom. The molecule has 1 aromatic rings. The van der Waals surface area contributed by atoms with Gasteiger partial charge in [-0.2, -0.15) is 0 Å². The molecule has 1 rings (SSSR count). The maximum absolute atomic E-state index is 11.3. The molecule has 0 aromatic carbocycles. The summed E-state index contributed by atoms with van der Waals surface area (Å²) in [4.78, 5) is 25.0. The highest BCUT2D eigenvalue weighted by Gasteiger charge is 2.17. The minimum atomic E-state index is -0.494. The molecule has 14 heavy (non-hydrogen) atoms. The van der Waals surface area contributed by atoms with E-state index in [1.165, 1.54) is 11.7 Å². The smallest absolute Gasteiger partial charge is 0.356 e. The third-order valence-corrected chi connectivity index (χ3v) is 2.11. The third-order valence-electron chi connectivity index (χ3n) is 2.11. The van der Waals surface area contributed by atoms with Gasteiger partial charge in [-0.05, 0) is 6.42 Å². The molecule has 0 aliphatic heterocycles. The molecule has 0 spiro atoms. The first-order chi connectivity index (χ1) is 6.61. The van der Waals surface area contributed by atoms with E-state index in [0.29, 0.717) is 12.1 Å². The van der Waals surface area contributed by atoms with Gasteiger partial charge >= 0.3 is 11.7 Å². The largest absolute Gasteiger partial charge is 0.464 e. The number of nitrogens with zero attached hydrogens (tertiary/aromatic N) is 1. The maximum Gasteiger partial charge on any atom is 0.356 e. The molecule has 5 nitrogen and oxygen atoms in total. The molecular weight excluding hydrogens is 184 g/mol. The van der Waals surface area contributed by atoms with Crippen LogP contribution in [0.1, 0.15) is 29.5 Å². The number of carbonyl (C=O) groups is 1. The van der Waals surface area contributed by atoms with Gasteiger partial charge in [0.2, 0.25) is 0 Å². The average Bonchev–Trinajstić information content (AvgIpc) is 2.45. The number of imidazole rings is 1. The van der Waals surface area contributed by atoms with E-state index in [2.05, 4.69) is 9.72 Å². The molecule has 0 saturated carbocycles. The maximum atomic E-state index is 11.3. The van der Waals surface area contributed by atoms with Gasteiger partial charge in [0.25, 0.3) is 0 Å². The van der Waals surface area contributed by atoms with Crippen molar-refractivity contribution in [2.24, 2.45) is 7.05 Å². The number of nitrogens with one attached hydrogen (secondary N) is 1. The zero-order valence-electron chi connectivity index (χ0n) is 8.59. The Morgan fingerprint density at radius 3 is 2.71 bits per heavy atom. The Kier molecular flexibility index (Phi) is 3.11. The van der Waals surface area contributed by atoms with E-state index < -0.39 is 5.97 Å². The van der Waals surface area contributed by atoms with Crippen LogP contribution in [0.15, 0.2) is 4.79 Å². The number of carbonyl (C=O) groups excluding carboxylic acids is 1. The van der Waals surface area contributed by atoms with Crippen LogP contribution in [0, 0.1) is 0 Å². The number of aromatic amines is 1. The Hall–Kier alpha value is -1.52. The van der Waals surface area contributed by atoms with E-state index in [1.54, 1.807) is 7.05 Å². The summed E-state index contributed by atoms with van der Waals surface area (Å²) in [6.07, 6.45) is 1.55. The number of esters is 1. The molecule has 0 saturated heterocycles. The number of H-pyrrole nitrogens is 1. The van der Waals surface area contributed by atoms with Crippen LogP contribution >= 0.6 is 0 Å². The Labute approximate surface area is 81.7 Å². The van der Waals surface area contributed by atoms with Gasteiger partial charge < -0.3 is 4.74 Å². The predicted molar refractivity (Wildman–Crippen MR) is 51.4 cm³/mol. The van der Waals surface area contributed by atoms with E-state index in [0.717, 1.165) is 6.42 Å². The van der Waals surface area contributed by atoms with Crippen LogP contribution in [0.25, 0.3) is 0 Å². The van der Waals surface area contributed by atoms with E-state index in [1.807, 2.05) is 6.92 Å². The summed E-state index contributed by atoms with van der Waals surface area (Å²) in [7, 11) is 2.93. The lowest BCUT2D eigenvalue weighted by atomic mass is 10.2. The van der Waals surface area contributed by atoms with Gasteiger partial charge in [0.05, 0.1) is 12.8 Å². The second-order valence-electron chi connectivity index (χ2n) is 3.05. The highest BCUT2D eigenvalue weighted by molar-refractivity contribution is 5.88. The lowest BCUT2D eigenvalue weighted by Crippen LogP contribution is -2.14. The number of ether oxygens (including phenoxy) is 1. The van der Waals surface area contributed by atoms with Gasteiger partial charge in [0.15, 0.2) is 0 Å². The fourth-order valence-electron chi connectivity index (χ4n) is 1.35. The molecule has 5 heteroatoms. The van der Waals surface area contributed by atoms with Gasteiger partial charge in [-0.15, -0.1) is 0 Å². The molecule has 1 heterocycles. The zero-order valence-corrected chi connectivity index (χ0v) is 8.59. The second-order valence-corrected chi connectivity index (χ2v) is 3.05. The van der Waals surface area contributed by atoms with E-state index in [9.17, 15) is 9.59 Å². The first-order valence-corrected chi connectivity index (χ1v) is 4.48. The zero-order chi connectivity index (χ0) is 10.7. The molecule has 0 unspecified atom stereocenters. The SMILES string of the molecule is CCCc1c(C(=O)OC)[nH]c(=O)n1C. The predicted octanol–water partition coefficient (Wildman–Crippen LogP) is 0.452. The molecule has 1 aromatic heterocycles. The van der Waals surface area contributed by atoms with Crippen LogP contribution in [0.3, 0.4) is 0 Å². The molecule has 0 atom stereocenters.